The molecule has 2 aromatic rings. The summed E-state index contributed by atoms with van der Waals surface area (Å²) in [6.45, 7) is 8.79. The third-order valence-corrected chi connectivity index (χ3v) is 5.75. The van der Waals surface area contributed by atoms with Gasteiger partial charge >= 0.3 is 0 Å². The molecule has 0 aromatic heterocycles. The SMILES string of the molecule is CC(C)CC1=Nc2ccc(N3CCN(c4ccc(Br)cc4)CC3)cc2C1. The molecule has 0 unspecified atom stereocenters. The van der Waals surface area contributed by atoms with Gasteiger partial charge in [-0.3, -0.25) is 4.99 Å². The van der Waals surface area contributed by atoms with Gasteiger partial charge in [0.15, 0.2) is 0 Å². The van der Waals surface area contributed by atoms with E-state index in [4.69, 9.17) is 4.99 Å². The Balaban J connectivity index is 1.40. The number of anilines is 2. The van der Waals surface area contributed by atoms with E-state index in [0.717, 1.165) is 43.5 Å². The van der Waals surface area contributed by atoms with Crippen molar-refractivity contribution in [3.8, 4) is 0 Å². The van der Waals surface area contributed by atoms with E-state index in [0.29, 0.717) is 5.92 Å². The number of benzene rings is 2. The molecule has 1 saturated heterocycles. The standard InChI is InChI=1S/C22H26BrN3/c1-16(2)13-19-14-17-15-21(7-8-22(17)24-19)26-11-9-25(10-12-26)20-5-3-18(23)4-6-20/h3-8,15-16H,9-14H2,1-2H3. The number of aliphatic imine (C=N–C) groups is 1. The third kappa shape index (κ3) is 3.80. The fourth-order valence-electron chi connectivity index (χ4n) is 3.91. The lowest BCUT2D eigenvalue weighted by molar-refractivity contribution is 0.653. The van der Waals surface area contributed by atoms with Crippen molar-refractivity contribution < 1.29 is 0 Å². The van der Waals surface area contributed by atoms with Crippen LogP contribution in [0.3, 0.4) is 0 Å². The van der Waals surface area contributed by atoms with Crippen molar-refractivity contribution in [1.82, 2.24) is 0 Å². The highest BCUT2D eigenvalue weighted by Crippen LogP contribution is 2.32. The molecule has 2 aromatic carbocycles. The normalized spacial score (nSPS) is 16.8. The molecule has 0 aliphatic carbocycles. The monoisotopic (exact) mass is 411 g/mol. The Kier molecular flexibility index (Phi) is 5.03. The summed E-state index contributed by atoms with van der Waals surface area (Å²) in [6, 6.07) is 15.5. The van der Waals surface area contributed by atoms with Gasteiger partial charge in [-0.25, -0.2) is 0 Å². The molecule has 0 atom stereocenters. The fraction of sp³-hybridized carbons (Fsp3) is 0.409. The summed E-state index contributed by atoms with van der Waals surface area (Å²) in [5.74, 6) is 0.675. The second-order valence-electron chi connectivity index (χ2n) is 7.72. The van der Waals surface area contributed by atoms with Crippen LogP contribution >= 0.6 is 15.9 Å². The molecule has 0 saturated carbocycles. The zero-order valence-corrected chi connectivity index (χ0v) is 17.2. The van der Waals surface area contributed by atoms with Gasteiger partial charge < -0.3 is 9.80 Å². The minimum atomic E-state index is 0.675. The Morgan fingerprint density at radius 1 is 0.923 bits per heavy atom. The van der Waals surface area contributed by atoms with Gasteiger partial charge in [0.2, 0.25) is 0 Å². The van der Waals surface area contributed by atoms with E-state index in [1.165, 1.54) is 28.3 Å². The van der Waals surface area contributed by atoms with Gasteiger partial charge in [-0.15, -0.1) is 0 Å². The first kappa shape index (κ1) is 17.6. The average Bonchev–Trinajstić information content (AvgIpc) is 3.03. The number of piperazine rings is 1. The van der Waals surface area contributed by atoms with Crippen LogP contribution in [0, 0.1) is 5.92 Å². The highest BCUT2D eigenvalue weighted by Gasteiger charge is 2.20. The van der Waals surface area contributed by atoms with E-state index in [-0.39, 0.29) is 0 Å². The Morgan fingerprint density at radius 2 is 1.54 bits per heavy atom. The van der Waals surface area contributed by atoms with Gasteiger partial charge in [-0.1, -0.05) is 29.8 Å². The summed E-state index contributed by atoms with van der Waals surface area (Å²) in [6.07, 6.45) is 2.14. The van der Waals surface area contributed by atoms with Gasteiger partial charge in [-0.05, 0) is 60.4 Å². The fourth-order valence-corrected chi connectivity index (χ4v) is 4.18. The first-order valence-corrected chi connectivity index (χ1v) is 10.3. The molecule has 0 amide bonds. The molecule has 0 spiro atoms. The molecule has 2 aliphatic rings. The first-order chi connectivity index (χ1) is 12.6. The summed E-state index contributed by atoms with van der Waals surface area (Å²) >= 11 is 3.52. The van der Waals surface area contributed by atoms with E-state index in [2.05, 4.69) is 82.0 Å². The zero-order chi connectivity index (χ0) is 18.1. The smallest absolute Gasteiger partial charge is 0.0666 e. The second kappa shape index (κ2) is 7.43. The number of nitrogens with zero attached hydrogens (tertiary/aromatic N) is 3. The van der Waals surface area contributed by atoms with Crippen LogP contribution in [0.5, 0.6) is 0 Å². The van der Waals surface area contributed by atoms with E-state index in [9.17, 15) is 0 Å². The second-order valence-corrected chi connectivity index (χ2v) is 8.63. The van der Waals surface area contributed by atoms with E-state index >= 15 is 0 Å². The summed E-state index contributed by atoms with van der Waals surface area (Å²) in [7, 11) is 0. The maximum Gasteiger partial charge on any atom is 0.0666 e. The summed E-state index contributed by atoms with van der Waals surface area (Å²) in [5, 5.41) is 0. The van der Waals surface area contributed by atoms with Crippen LogP contribution in [-0.4, -0.2) is 31.9 Å². The van der Waals surface area contributed by atoms with Crippen LogP contribution < -0.4 is 9.80 Å². The van der Waals surface area contributed by atoms with Crippen molar-refractivity contribution in [2.75, 3.05) is 36.0 Å². The van der Waals surface area contributed by atoms with Crippen molar-refractivity contribution in [3.05, 3.63) is 52.5 Å². The highest BCUT2D eigenvalue weighted by molar-refractivity contribution is 9.10. The molecule has 0 N–H and O–H groups in total. The van der Waals surface area contributed by atoms with Crippen molar-refractivity contribution in [1.29, 1.82) is 0 Å². The van der Waals surface area contributed by atoms with Gasteiger partial charge in [0.25, 0.3) is 0 Å². The molecule has 136 valence electrons. The lowest BCUT2D eigenvalue weighted by Crippen LogP contribution is -2.46. The molecule has 4 heteroatoms. The summed E-state index contributed by atoms with van der Waals surface area (Å²) in [4.78, 5) is 9.81. The summed E-state index contributed by atoms with van der Waals surface area (Å²) in [5.41, 5.74) is 6.58. The topological polar surface area (TPSA) is 18.8 Å². The predicted molar refractivity (Wildman–Crippen MR) is 115 cm³/mol. The maximum absolute atomic E-state index is 4.82. The number of fused-ring (bicyclic) bond motifs is 1. The van der Waals surface area contributed by atoms with E-state index < -0.39 is 0 Å². The predicted octanol–water partition coefficient (Wildman–Crippen LogP) is 5.45. The van der Waals surface area contributed by atoms with Crippen molar-refractivity contribution >= 4 is 38.7 Å². The molecule has 2 heterocycles. The minimum absolute atomic E-state index is 0.675. The molecular weight excluding hydrogens is 386 g/mol. The third-order valence-electron chi connectivity index (χ3n) is 5.22. The van der Waals surface area contributed by atoms with Crippen LogP contribution in [0.4, 0.5) is 17.1 Å². The first-order valence-electron chi connectivity index (χ1n) is 9.53. The van der Waals surface area contributed by atoms with Crippen LogP contribution in [0.25, 0.3) is 0 Å². The Bertz CT molecular complexity index is 803. The van der Waals surface area contributed by atoms with Crippen molar-refractivity contribution in [2.24, 2.45) is 10.9 Å². The van der Waals surface area contributed by atoms with Crippen molar-refractivity contribution in [3.63, 3.8) is 0 Å². The van der Waals surface area contributed by atoms with Crippen LogP contribution in [0.2, 0.25) is 0 Å². The number of halogens is 1. The molecule has 4 rings (SSSR count). The molecule has 0 bridgehead atoms. The largest absolute Gasteiger partial charge is 0.368 e. The highest BCUT2D eigenvalue weighted by atomic mass is 79.9. The van der Waals surface area contributed by atoms with Crippen LogP contribution in [-0.2, 0) is 6.42 Å². The molecule has 2 aliphatic heterocycles. The van der Waals surface area contributed by atoms with E-state index in [1.807, 2.05) is 0 Å². The maximum atomic E-state index is 4.82. The average molecular weight is 412 g/mol. The van der Waals surface area contributed by atoms with Crippen LogP contribution in [0.15, 0.2) is 51.9 Å². The van der Waals surface area contributed by atoms with Gasteiger partial charge in [0.1, 0.15) is 0 Å². The molecule has 1 fully saturated rings. The molecular formula is C22H26BrN3. The van der Waals surface area contributed by atoms with E-state index in [1.54, 1.807) is 0 Å². The quantitative estimate of drug-likeness (QED) is 0.665. The van der Waals surface area contributed by atoms with Gasteiger partial charge in [0, 0.05) is 54.2 Å². The molecule has 3 nitrogen and oxygen atoms in total. The lowest BCUT2D eigenvalue weighted by atomic mass is 10.0. The number of hydrogen-bond donors (Lipinski definition) is 0. The zero-order valence-electron chi connectivity index (χ0n) is 15.6. The van der Waals surface area contributed by atoms with Gasteiger partial charge in [0.05, 0.1) is 5.69 Å². The number of rotatable bonds is 4. The number of hydrogen-bond acceptors (Lipinski definition) is 3. The minimum Gasteiger partial charge on any atom is -0.368 e. The molecule has 0 radical (unpaired) electrons. The summed E-state index contributed by atoms with van der Waals surface area (Å²) < 4.78 is 1.14. The van der Waals surface area contributed by atoms with Crippen molar-refractivity contribution in [2.45, 2.75) is 26.7 Å². The van der Waals surface area contributed by atoms with Crippen LogP contribution in [0.1, 0.15) is 25.8 Å². The lowest BCUT2D eigenvalue weighted by Gasteiger charge is -2.37. The molecule has 26 heavy (non-hydrogen) atoms. The Labute approximate surface area is 164 Å². The Hall–Kier alpha value is -1.81. The Morgan fingerprint density at radius 3 is 2.19 bits per heavy atom. The van der Waals surface area contributed by atoms with Gasteiger partial charge in [-0.2, -0.15) is 0 Å².